The lowest BCUT2D eigenvalue weighted by Crippen LogP contribution is -2.35. The van der Waals surface area contributed by atoms with Gasteiger partial charge in [-0.1, -0.05) is 39.0 Å². The Morgan fingerprint density at radius 2 is 2.17 bits per heavy atom. The highest BCUT2D eigenvalue weighted by Crippen LogP contribution is 2.34. The molecule has 2 nitrogen and oxygen atoms in total. The Labute approximate surface area is 75.9 Å². The molecule has 0 saturated heterocycles. The van der Waals surface area contributed by atoms with Gasteiger partial charge < -0.3 is 0 Å². The zero-order valence-corrected chi connectivity index (χ0v) is 8.18. The molecule has 0 aliphatic heterocycles. The zero-order chi connectivity index (χ0) is 8.81. The van der Waals surface area contributed by atoms with Crippen molar-refractivity contribution >= 4 is 0 Å². The van der Waals surface area contributed by atoms with Gasteiger partial charge in [-0.05, 0) is 18.8 Å². The highest BCUT2D eigenvalue weighted by Gasteiger charge is 2.24. The molecular weight excluding hydrogens is 148 g/mol. The van der Waals surface area contributed by atoms with E-state index in [1.165, 1.54) is 44.9 Å². The summed E-state index contributed by atoms with van der Waals surface area (Å²) in [5, 5.41) is 0. The van der Waals surface area contributed by atoms with Gasteiger partial charge in [0.15, 0.2) is 0 Å². The molecule has 1 saturated carbocycles. The number of hydrogen-bond acceptors (Lipinski definition) is 2. The number of nitrogens with one attached hydrogen (secondary N) is 1. The molecule has 1 atom stereocenters. The van der Waals surface area contributed by atoms with Gasteiger partial charge in [-0.15, -0.1) is 0 Å². The molecule has 0 bridgehead atoms. The normalized spacial score (nSPS) is 19.5. The Morgan fingerprint density at radius 3 is 2.67 bits per heavy atom. The highest BCUT2D eigenvalue weighted by atomic mass is 15.2. The molecule has 1 unspecified atom stereocenters. The van der Waals surface area contributed by atoms with Crippen molar-refractivity contribution in [1.29, 1.82) is 0 Å². The second kappa shape index (κ2) is 5.55. The third-order valence-corrected chi connectivity index (χ3v) is 2.71. The first kappa shape index (κ1) is 10.0. The molecule has 1 aliphatic rings. The minimum absolute atomic E-state index is 0.587. The predicted octanol–water partition coefficient (Wildman–Crippen LogP) is 2.20. The molecule has 0 spiro atoms. The van der Waals surface area contributed by atoms with E-state index in [1.807, 2.05) is 0 Å². The van der Waals surface area contributed by atoms with E-state index in [4.69, 9.17) is 5.84 Å². The van der Waals surface area contributed by atoms with E-state index in [9.17, 15) is 0 Å². The Balaban J connectivity index is 1.98. The third-order valence-electron chi connectivity index (χ3n) is 2.71. The van der Waals surface area contributed by atoms with Crippen LogP contribution in [0.5, 0.6) is 0 Å². The van der Waals surface area contributed by atoms with Crippen molar-refractivity contribution in [2.45, 2.75) is 57.9 Å². The van der Waals surface area contributed by atoms with Gasteiger partial charge in [0.05, 0.1) is 0 Å². The molecule has 12 heavy (non-hydrogen) atoms. The van der Waals surface area contributed by atoms with Crippen LogP contribution in [0.4, 0.5) is 0 Å². The summed E-state index contributed by atoms with van der Waals surface area (Å²) in [6, 6.07) is 0.587. The molecule has 0 aromatic carbocycles. The summed E-state index contributed by atoms with van der Waals surface area (Å²) in [4.78, 5) is 0. The maximum atomic E-state index is 5.48. The van der Waals surface area contributed by atoms with Crippen molar-refractivity contribution in [2.24, 2.45) is 11.8 Å². The monoisotopic (exact) mass is 170 g/mol. The van der Waals surface area contributed by atoms with Gasteiger partial charge in [0.1, 0.15) is 0 Å². The fourth-order valence-corrected chi connectivity index (χ4v) is 1.67. The molecule has 0 aromatic rings. The number of rotatable bonds is 7. The lowest BCUT2D eigenvalue weighted by Gasteiger charge is -2.14. The van der Waals surface area contributed by atoms with E-state index < -0.39 is 0 Å². The molecule has 0 aromatic heterocycles. The number of hydrazine groups is 1. The lowest BCUT2D eigenvalue weighted by molar-refractivity contribution is 0.424. The summed E-state index contributed by atoms with van der Waals surface area (Å²) in [5.74, 6) is 6.47. The van der Waals surface area contributed by atoms with Crippen LogP contribution < -0.4 is 11.3 Å². The molecule has 0 radical (unpaired) electrons. The molecule has 72 valence electrons. The summed E-state index contributed by atoms with van der Waals surface area (Å²) in [6.07, 6.45) is 9.43. The molecular formula is C10H22N2. The lowest BCUT2D eigenvalue weighted by atomic mass is 10.0. The number of hydrogen-bond donors (Lipinski definition) is 2. The summed E-state index contributed by atoms with van der Waals surface area (Å²) < 4.78 is 0. The second-order valence-electron chi connectivity index (χ2n) is 4.04. The average Bonchev–Trinajstić information content (AvgIpc) is 2.87. The van der Waals surface area contributed by atoms with E-state index in [-0.39, 0.29) is 0 Å². The van der Waals surface area contributed by atoms with E-state index in [0.29, 0.717) is 6.04 Å². The van der Waals surface area contributed by atoms with Crippen LogP contribution >= 0.6 is 0 Å². The van der Waals surface area contributed by atoms with Gasteiger partial charge in [-0.25, -0.2) is 0 Å². The molecule has 1 rings (SSSR count). The van der Waals surface area contributed by atoms with Crippen molar-refractivity contribution in [3.8, 4) is 0 Å². The smallest absolute Gasteiger partial charge is 0.0213 e. The fourth-order valence-electron chi connectivity index (χ4n) is 1.67. The van der Waals surface area contributed by atoms with Gasteiger partial charge in [0.2, 0.25) is 0 Å². The van der Waals surface area contributed by atoms with Crippen molar-refractivity contribution in [2.75, 3.05) is 0 Å². The Morgan fingerprint density at radius 1 is 1.42 bits per heavy atom. The summed E-state index contributed by atoms with van der Waals surface area (Å²) in [7, 11) is 0. The highest BCUT2D eigenvalue weighted by molar-refractivity contribution is 4.78. The molecule has 1 fully saturated rings. The van der Waals surface area contributed by atoms with E-state index in [1.54, 1.807) is 0 Å². The minimum Gasteiger partial charge on any atom is -0.271 e. The van der Waals surface area contributed by atoms with Gasteiger partial charge >= 0.3 is 0 Å². The topological polar surface area (TPSA) is 38.0 Å². The van der Waals surface area contributed by atoms with Crippen LogP contribution in [0.2, 0.25) is 0 Å². The number of nitrogens with two attached hydrogens (primary N) is 1. The standard InChI is InChI=1S/C10H22N2/c1-2-3-4-5-10(12-11)8-9-6-7-9/h9-10,12H,2-8,11H2,1H3. The first-order valence-corrected chi connectivity index (χ1v) is 5.33. The molecule has 3 N–H and O–H groups in total. The zero-order valence-electron chi connectivity index (χ0n) is 8.18. The van der Waals surface area contributed by atoms with Crippen molar-refractivity contribution in [3.63, 3.8) is 0 Å². The van der Waals surface area contributed by atoms with Crippen LogP contribution in [-0.4, -0.2) is 6.04 Å². The van der Waals surface area contributed by atoms with Gasteiger partial charge in [0, 0.05) is 6.04 Å². The fraction of sp³-hybridized carbons (Fsp3) is 1.00. The number of unbranched alkanes of at least 4 members (excludes halogenated alkanes) is 2. The van der Waals surface area contributed by atoms with Crippen LogP contribution in [0.15, 0.2) is 0 Å². The molecule has 1 aliphatic carbocycles. The molecule has 2 heteroatoms. The SMILES string of the molecule is CCCCCC(CC1CC1)NN. The summed E-state index contributed by atoms with van der Waals surface area (Å²) in [5.41, 5.74) is 2.93. The van der Waals surface area contributed by atoms with Gasteiger partial charge in [0.25, 0.3) is 0 Å². The van der Waals surface area contributed by atoms with Crippen LogP contribution in [-0.2, 0) is 0 Å². The summed E-state index contributed by atoms with van der Waals surface area (Å²) >= 11 is 0. The third kappa shape index (κ3) is 4.07. The Kier molecular flexibility index (Phi) is 4.62. The largest absolute Gasteiger partial charge is 0.271 e. The second-order valence-corrected chi connectivity index (χ2v) is 4.04. The van der Waals surface area contributed by atoms with Crippen LogP contribution in [0.3, 0.4) is 0 Å². The summed E-state index contributed by atoms with van der Waals surface area (Å²) in [6.45, 7) is 2.24. The maximum absolute atomic E-state index is 5.48. The quantitative estimate of drug-likeness (QED) is 0.349. The Bertz CT molecular complexity index is 110. The van der Waals surface area contributed by atoms with Crippen molar-refractivity contribution in [3.05, 3.63) is 0 Å². The molecule has 0 heterocycles. The van der Waals surface area contributed by atoms with Crippen LogP contribution in [0, 0.1) is 5.92 Å². The maximum Gasteiger partial charge on any atom is 0.0213 e. The van der Waals surface area contributed by atoms with E-state index in [0.717, 1.165) is 5.92 Å². The first-order valence-electron chi connectivity index (χ1n) is 5.33. The minimum atomic E-state index is 0.587. The van der Waals surface area contributed by atoms with Crippen LogP contribution in [0.1, 0.15) is 51.9 Å². The first-order chi connectivity index (χ1) is 5.86. The average molecular weight is 170 g/mol. The van der Waals surface area contributed by atoms with E-state index >= 15 is 0 Å². The van der Waals surface area contributed by atoms with Gasteiger partial charge in [-0.3, -0.25) is 11.3 Å². The van der Waals surface area contributed by atoms with Crippen LogP contribution in [0.25, 0.3) is 0 Å². The van der Waals surface area contributed by atoms with E-state index in [2.05, 4.69) is 12.3 Å². The van der Waals surface area contributed by atoms with Crippen molar-refractivity contribution in [1.82, 2.24) is 5.43 Å². The molecule has 0 amide bonds. The van der Waals surface area contributed by atoms with Crippen molar-refractivity contribution < 1.29 is 0 Å². The van der Waals surface area contributed by atoms with Gasteiger partial charge in [-0.2, -0.15) is 0 Å². The Hall–Kier alpha value is -0.0800. The predicted molar refractivity (Wildman–Crippen MR) is 52.6 cm³/mol.